The van der Waals surface area contributed by atoms with Gasteiger partial charge in [-0.2, -0.15) is 0 Å². The van der Waals surface area contributed by atoms with E-state index in [4.69, 9.17) is 26.4 Å². The number of hydrazine groups is 1. The number of nitrogens with one attached hydrogen (secondary N) is 3. The predicted octanol–water partition coefficient (Wildman–Crippen LogP) is -0.144. The van der Waals surface area contributed by atoms with Crippen LogP contribution in [-0.4, -0.2) is 62.1 Å². The second-order valence-electron chi connectivity index (χ2n) is 5.36. The molecule has 2 heterocycles. The van der Waals surface area contributed by atoms with Crippen LogP contribution < -0.4 is 25.6 Å². The molecule has 3 N–H and O–H groups in total. The number of morpholine rings is 1. The van der Waals surface area contributed by atoms with Crippen molar-refractivity contribution in [2.75, 3.05) is 46.2 Å². The summed E-state index contributed by atoms with van der Waals surface area (Å²) in [6.45, 7) is 5.16. The summed E-state index contributed by atoms with van der Waals surface area (Å²) in [6.07, 6.45) is 0. The largest absolute Gasteiger partial charge is 0.454 e. The van der Waals surface area contributed by atoms with Crippen LogP contribution in [0.4, 0.5) is 0 Å². The second-order valence-corrected chi connectivity index (χ2v) is 5.77. The van der Waals surface area contributed by atoms with Gasteiger partial charge in [0, 0.05) is 31.7 Å². The number of carbonyl (C=O) groups is 1. The molecule has 3 rings (SSSR count). The van der Waals surface area contributed by atoms with Gasteiger partial charge in [-0.05, 0) is 30.4 Å². The Morgan fingerprint density at radius 2 is 1.96 bits per heavy atom. The third kappa shape index (κ3) is 4.47. The molecule has 0 aliphatic carbocycles. The lowest BCUT2D eigenvalue weighted by Gasteiger charge is -2.26. The summed E-state index contributed by atoms with van der Waals surface area (Å²) in [4.78, 5) is 14.4. The first-order valence-electron chi connectivity index (χ1n) is 7.76. The van der Waals surface area contributed by atoms with E-state index in [1.165, 1.54) is 0 Å². The molecule has 0 atom stereocenters. The maximum Gasteiger partial charge on any atom is 0.269 e. The number of fused-ring (bicyclic) bond motifs is 1. The molecule has 0 bridgehead atoms. The van der Waals surface area contributed by atoms with Crippen molar-refractivity contribution in [3.63, 3.8) is 0 Å². The highest BCUT2D eigenvalue weighted by molar-refractivity contribution is 7.80. The molecule has 0 aromatic heterocycles. The minimum Gasteiger partial charge on any atom is -0.454 e. The van der Waals surface area contributed by atoms with Crippen molar-refractivity contribution < 1.29 is 19.0 Å². The molecule has 2 aliphatic rings. The molecule has 0 radical (unpaired) electrons. The summed E-state index contributed by atoms with van der Waals surface area (Å²) in [7, 11) is 0. The van der Waals surface area contributed by atoms with Gasteiger partial charge in [0.15, 0.2) is 16.6 Å². The first kappa shape index (κ1) is 16.7. The maximum atomic E-state index is 12.1. The van der Waals surface area contributed by atoms with Gasteiger partial charge in [-0.3, -0.25) is 20.5 Å². The number of thiocarbonyl (C=S) groups is 1. The van der Waals surface area contributed by atoms with Crippen molar-refractivity contribution in [2.45, 2.75) is 0 Å². The topological polar surface area (TPSA) is 84.1 Å². The molecular formula is C15H20N4O4S. The Labute approximate surface area is 145 Å². The fraction of sp³-hybridized carbons (Fsp3) is 0.467. The standard InChI is InChI=1S/C15H20N4O4S/c20-14(11-1-2-12-13(9-11)23-10-22-12)17-18-15(24)16-3-4-19-5-7-21-8-6-19/h1-2,9H,3-8,10H2,(H,17,20)(H2,16,18,24). The fourth-order valence-corrected chi connectivity index (χ4v) is 2.57. The zero-order chi connectivity index (χ0) is 16.8. The molecule has 24 heavy (non-hydrogen) atoms. The number of benzene rings is 1. The zero-order valence-electron chi connectivity index (χ0n) is 13.2. The lowest BCUT2D eigenvalue weighted by atomic mass is 10.2. The Hall–Kier alpha value is -2.10. The van der Waals surface area contributed by atoms with Gasteiger partial charge in [0.1, 0.15) is 0 Å². The van der Waals surface area contributed by atoms with Crippen molar-refractivity contribution >= 4 is 23.2 Å². The molecule has 2 aliphatic heterocycles. The van der Waals surface area contributed by atoms with E-state index in [0.717, 1.165) is 32.8 Å². The third-order valence-corrected chi connectivity index (χ3v) is 3.99. The highest BCUT2D eigenvalue weighted by Gasteiger charge is 2.16. The van der Waals surface area contributed by atoms with Gasteiger partial charge in [0.2, 0.25) is 6.79 Å². The van der Waals surface area contributed by atoms with E-state index < -0.39 is 0 Å². The number of nitrogens with zero attached hydrogens (tertiary/aromatic N) is 1. The van der Waals surface area contributed by atoms with Crippen molar-refractivity contribution in [3.05, 3.63) is 23.8 Å². The van der Waals surface area contributed by atoms with Gasteiger partial charge >= 0.3 is 0 Å². The molecule has 0 spiro atoms. The molecule has 0 unspecified atom stereocenters. The van der Waals surface area contributed by atoms with Crippen LogP contribution in [0.25, 0.3) is 0 Å². The first-order valence-corrected chi connectivity index (χ1v) is 8.17. The normalized spacial score (nSPS) is 16.5. The molecule has 1 saturated heterocycles. The first-order chi connectivity index (χ1) is 11.7. The summed E-state index contributed by atoms with van der Waals surface area (Å²) in [6, 6.07) is 5.00. The molecular weight excluding hydrogens is 332 g/mol. The van der Waals surface area contributed by atoms with Gasteiger partial charge in [-0.1, -0.05) is 0 Å². The van der Waals surface area contributed by atoms with Crippen LogP contribution in [0.5, 0.6) is 11.5 Å². The van der Waals surface area contributed by atoms with Gasteiger partial charge < -0.3 is 19.5 Å². The van der Waals surface area contributed by atoms with E-state index in [9.17, 15) is 4.79 Å². The molecule has 1 fully saturated rings. The smallest absolute Gasteiger partial charge is 0.269 e. The van der Waals surface area contributed by atoms with E-state index in [0.29, 0.717) is 28.7 Å². The van der Waals surface area contributed by atoms with Crippen LogP contribution in [0.2, 0.25) is 0 Å². The van der Waals surface area contributed by atoms with Crippen LogP contribution in [0.1, 0.15) is 10.4 Å². The van der Waals surface area contributed by atoms with Gasteiger partial charge in [-0.15, -0.1) is 0 Å². The summed E-state index contributed by atoms with van der Waals surface area (Å²) in [5.41, 5.74) is 5.71. The van der Waals surface area contributed by atoms with Gasteiger partial charge in [-0.25, -0.2) is 0 Å². The zero-order valence-corrected chi connectivity index (χ0v) is 14.0. The van der Waals surface area contributed by atoms with E-state index in [2.05, 4.69) is 21.1 Å². The fourth-order valence-electron chi connectivity index (χ4n) is 2.42. The van der Waals surface area contributed by atoms with Crippen LogP contribution >= 0.6 is 12.2 Å². The van der Waals surface area contributed by atoms with Crippen LogP contribution in [0, 0.1) is 0 Å². The number of rotatable bonds is 4. The second kappa shape index (κ2) is 8.13. The minimum absolute atomic E-state index is 0.176. The van der Waals surface area contributed by atoms with Gasteiger partial charge in [0.25, 0.3) is 5.91 Å². The Kier molecular flexibility index (Phi) is 5.68. The van der Waals surface area contributed by atoms with Crippen LogP contribution in [0.15, 0.2) is 18.2 Å². The predicted molar refractivity (Wildman–Crippen MR) is 91.0 cm³/mol. The molecule has 1 aromatic rings. The van der Waals surface area contributed by atoms with Crippen molar-refractivity contribution in [1.82, 2.24) is 21.1 Å². The monoisotopic (exact) mass is 352 g/mol. The Balaban J connectivity index is 1.37. The number of hydrogen-bond donors (Lipinski definition) is 3. The van der Waals surface area contributed by atoms with Crippen molar-refractivity contribution in [3.8, 4) is 11.5 Å². The quantitative estimate of drug-likeness (QED) is 0.510. The summed E-state index contributed by atoms with van der Waals surface area (Å²) in [5.74, 6) is 0.902. The highest BCUT2D eigenvalue weighted by atomic mass is 32.1. The van der Waals surface area contributed by atoms with E-state index in [1.807, 2.05) is 0 Å². The lowest BCUT2D eigenvalue weighted by Crippen LogP contribution is -2.49. The lowest BCUT2D eigenvalue weighted by molar-refractivity contribution is 0.0389. The van der Waals surface area contributed by atoms with Crippen LogP contribution in [0.3, 0.4) is 0 Å². The summed E-state index contributed by atoms with van der Waals surface area (Å²) < 4.78 is 15.8. The molecule has 130 valence electrons. The number of hydrogen-bond acceptors (Lipinski definition) is 6. The maximum absolute atomic E-state index is 12.1. The number of ether oxygens (including phenoxy) is 3. The summed E-state index contributed by atoms with van der Waals surface area (Å²) in [5, 5.41) is 3.43. The minimum atomic E-state index is -0.300. The Morgan fingerprint density at radius 1 is 1.17 bits per heavy atom. The molecule has 0 saturated carbocycles. The molecule has 1 aromatic carbocycles. The SMILES string of the molecule is O=C(NNC(=S)NCCN1CCOCC1)c1ccc2c(c1)OCO2. The average Bonchev–Trinajstić information content (AvgIpc) is 3.08. The van der Waals surface area contributed by atoms with Gasteiger partial charge in [0.05, 0.1) is 13.2 Å². The van der Waals surface area contributed by atoms with Crippen molar-refractivity contribution in [1.29, 1.82) is 0 Å². The van der Waals surface area contributed by atoms with E-state index in [-0.39, 0.29) is 12.7 Å². The number of carbonyl (C=O) groups excluding carboxylic acids is 1. The Bertz CT molecular complexity index is 607. The van der Waals surface area contributed by atoms with E-state index >= 15 is 0 Å². The average molecular weight is 352 g/mol. The summed E-state index contributed by atoms with van der Waals surface area (Å²) >= 11 is 5.14. The van der Waals surface area contributed by atoms with Crippen LogP contribution in [-0.2, 0) is 4.74 Å². The molecule has 1 amide bonds. The Morgan fingerprint density at radius 3 is 2.79 bits per heavy atom. The van der Waals surface area contributed by atoms with E-state index in [1.54, 1.807) is 18.2 Å². The third-order valence-electron chi connectivity index (χ3n) is 3.74. The highest BCUT2D eigenvalue weighted by Crippen LogP contribution is 2.32. The molecule has 9 heteroatoms. The number of amides is 1. The molecule has 8 nitrogen and oxygen atoms in total. The van der Waals surface area contributed by atoms with Crippen molar-refractivity contribution in [2.24, 2.45) is 0 Å².